The number of hydrogen-bond acceptors (Lipinski definition) is 6. The van der Waals surface area contributed by atoms with E-state index in [1.165, 1.54) is 11.8 Å². The number of aromatic nitrogens is 4. The molecule has 1 aromatic heterocycles. The van der Waals surface area contributed by atoms with Crippen molar-refractivity contribution in [3.63, 3.8) is 0 Å². The molecule has 8 heteroatoms. The topological polar surface area (TPSA) is 75.9 Å². The van der Waals surface area contributed by atoms with Crippen LogP contribution in [0.1, 0.15) is 26.3 Å². The van der Waals surface area contributed by atoms with Crippen molar-refractivity contribution in [3.8, 4) is 0 Å². The van der Waals surface area contributed by atoms with Crippen LogP contribution in [0, 0.1) is 0 Å². The summed E-state index contributed by atoms with van der Waals surface area (Å²) in [5.41, 5.74) is 3.03. The average Bonchev–Trinajstić information content (AvgIpc) is 3.16. The van der Waals surface area contributed by atoms with Gasteiger partial charge in [0.05, 0.1) is 12.3 Å². The summed E-state index contributed by atoms with van der Waals surface area (Å²) < 4.78 is 1.70. The predicted molar refractivity (Wildman–Crippen MR) is 117 cm³/mol. The minimum Gasteiger partial charge on any atom is -0.369 e. The fourth-order valence-corrected chi connectivity index (χ4v) is 3.74. The molecule has 0 aliphatic rings. The number of rotatable bonds is 9. The van der Waals surface area contributed by atoms with Gasteiger partial charge in [-0.1, -0.05) is 42.1 Å². The summed E-state index contributed by atoms with van der Waals surface area (Å²) in [5.74, 6) is 0.150. The highest BCUT2D eigenvalue weighted by molar-refractivity contribution is 7.99. The summed E-state index contributed by atoms with van der Waals surface area (Å²) in [6.45, 7) is 7.99. The van der Waals surface area contributed by atoms with Gasteiger partial charge in [-0.25, -0.2) is 4.68 Å². The molecule has 3 aromatic rings. The Morgan fingerprint density at radius 1 is 1.14 bits per heavy atom. The highest BCUT2D eigenvalue weighted by Crippen LogP contribution is 2.21. The van der Waals surface area contributed by atoms with Crippen LogP contribution in [0.15, 0.2) is 59.8 Å². The van der Waals surface area contributed by atoms with Crippen LogP contribution in [0.3, 0.4) is 0 Å². The molecule has 0 aliphatic carbocycles. The second kappa shape index (κ2) is 10.1. The van der Waals surface area contributed by atoms with Crippen LogP contribution in [-0.2, 0) is 11.3 Å². The molecule has 0 bridgehead atoms. The molecular weight excluding hydrogens is 384 g/mol. The van der Waals surface area contributed by atoms with Gasteiger partial charge in [0.1, 0.15) is 0 Å². The zero-order valence-electron chi connectivity index (χ0n) is 16.9. The number of nitrogens with zero attached hydrogens (tertiary/aromatic N) is 5. The Kier molecular flexibility index (Phi) is 7.24. The summed E-state index contributed by atoms with van der Waals surface area (Å²) in [7, 11) is 0. The maximum Gasteiger partial charge on any atom is 0.234 e. The second-order valence-electron chi connectivity index (χ2n) is 6.87. The normalized spacial score (nSPS) is 10.9. The van der Waals surface area contributed by atoms with Gasteiger partial charge in [0.15, 0.2) is 0 Å². The SMILES string of the molecule is CCN(c1ccc(NC(=O)CSc2nnnn2Cc2ccccc2)cc1)C(C)C. The molecule has 1 heterocycles. The van der Waals surface area contributed by atoms with Gasteiger partial charge < -0.3 is 10.2 Å². The van der Waals surface area contributed by atoms with Crippen molar-refractivity contribution in [3.05, 3.63) is 60.2 Å². The standard InChI is InChI=1S/C21H26N6OS/c1-4-26(16(2)3)19-12-10-18(11-13-19)22-20(28)15-29-21-23-24-25-27(21)14-17-8-6-5-7-9-17/h5-13,16H,4,14-15H2,1-3H3,(H,22,28). The third-order valence-electron chi connectivity index (χ3n) is 4.45. The van der Waals surface area contributed by atoms with Crippen LogP contribution in [0.4, 0.5) is 11.4 Å². The average molecular weight is 411 g/mol. The molecule has 0 radical (unpaired) electrons. The third kappa shape index (κ3) is 5.80. The molecule has 0 fully saturated rings. The Bertz CT molecular complexity index is 910. The molecule has 3 rings (SSSR count). The van der Waals surface area contributed by atoms with Crippen molar-refractivity contribution >= 4 is 29.0 Å². The van der Waals surface area contributed by atoms with Crippen molar-refractivity contribution < 1.29 is 4.79 Å². The summed E-state index contributed by atoms with van der Waals surface area (Å²) in [6, 6.07) is 18.3. The molecule has 2 aromatic carbocycles. The van der Waals surface area contributed by atoms with E-state index in [1.807, 2.05) is 54.6 Å². The van der Waals surface area contributed by atoms with Gasteiger partial charge >= 0.3 is 0 Å². The summed E-state index contributed by atoms with van der Waals surface area (Å²) in [6.07, 6.45) is 0. The smallest absolute Gasteiger partial charge is 0.234 e. The van der Waals surface area contributed by atoms with Gasteiger partial charge in [0.2, 0.25) is 11.1 Å². The lowest BCUT2D eigenvalue weighted by Crippen LogP contribution is -2.30. The van der Waals surface area contributed by atoms with Crippen LogP contribution in [-0.4, -0.2) is 44.5 Å². The number of anilines is 2. The minimum absolute atomic E-state index is 0.0896. The lowest BCUT2D eigenvalue weighted by atomic mass is 10.2. The van der Waals surface area contributed by atoms with Crippen molar-refractivity contribution in [1.29, 1.82) is 0 Å². The predicted octanol–water partition coefficient (Wildman–Crippen LogP) is 3.69. The van der Waals surface area contributed by atoms with Gasteiger partial charge in [0, 0.05) is 24.0 Å². The quantitative estimate of drug-likeness (QED) is 0.542. The van der Waals surface area contributed by atoms with Crippen molar-refractivity contribution in [2.24, 2.45) is 0 Å². The molecule has 7 nitrogen and oxygen atoms in total. The number of hydrogen-bond donors (Lipinski definition) is 1. The molecule has 0 saturated heterocycles. The fourth-order valence-electron chi connectivity index (χ4n) is 3.06. The van der Waals surface area contributed by atoms with Gasteiger partial charge in [-0.15, -0.1) is 5.10 Å². The van der Waals surface area contributed by atoms with E-state index in [-0.39, 0.29) is 11.7 Å². The number of tetrazole rings is 1. The fraction of sp³-hybridized carbons (Fsp3) is 0.333. The third-order valence-corrected chi connectivity index (χ3v) is 5.41. The van der Waals surface area contributed by atoms with E-state index in [2.05, 4.69) is 46.5 Å². The zero-order chi connectivity index (χ0) is 20.6. The first kappa shape index (κ1) is 20.9. The maximum atomic E-state index is 12.3. The van der Waals surface area contributed by atoms with Gasteiger partial charge in [0.25, 0.3) is 0 Å². The van der Waals surface area contributed by atoms with E-state index < -0.39 is 0 Å². The van der Waals surface area contributed by atoms with Crippen molar-refractivity contribution in [2.45, 2.75) is 38.5 Å². The summed E-state index contributed by atoms with van der Waals surface area (Å²) >= 11 is 1.32. The molecule has 0 spiro atoms. The molecule has 0 unspecified atom stereocenters. The molecule has 152 valence electrons. The molecular formula is C21H26N6OS. The molecule has 0 saturated carbocycles. The molecule has 0 aliphatic heterocycles. The van der Waals surface area contributed by atoms with Crippen LogP contribution >= 0.6 is 11.8 Å². The highest BCUT2D eigenvalue weighted by atomic mass is 32.2. The molecule has 1 amide bonds. The summed E-state index contributed by atoms with van der Waals surface area (Å²) in [4.78, 5) is 14.6. The number of amides is 1. The van der Waals surface area contributed by atoms with Gasteiger partial charge in [-0.3, -0.25) is 4.79 Å². The van der Waals surface area contributed by atoms with E-state index in [1.54, 1.807) is 4.68 Å². The number of benzene rings is 2. The van der Waals surface area contributed by atoms with Gasteiger partial charge in [-0.2, -0.15) is 0 Å². The van der Waals surface area contributed by atoms with E-state index in [9.17, 15) is 4.79 Å². The highest BCUT2D eigenvalue weighted by Gasteiger charge is 2.12. The Balaban J connectivity index is 1.54. The minimum atomic E-state index is -0.0896. The molecule has 29 heavy (non-hydrogen) atoms. The monoisotopic (exact) mass is 410 g/mol. The first-order valence-corrected chi connectivity index (χ1v) is 10.6. The van der Waals surface area contributed by atoms with Crippen LogP contribution in [0.25, 0.3) is 0 Å². The largest absolute Gasteiger partial charge is 0.369 e. The Hall–Kier alpha value is -2.87. The lowest BCUT2D eigenvalue weighted by molar-refractivity contribution is -0.113. The van der Waals surface area contributed by atoms with Crippen LogP contribution < -0.4 is 10.2 Å². The second-order valence-corrected chi connectivity index (χ2v) is 7.81. The summed E-state index contributed by atoms with van der Waals surface area (Å²) in [5, 5.41) is 15.3. The Labute approximate surface area is 175 Å². The molecule has 0 atom stereocenters. The van der Waals surface area contributed by atoms with E-state index in [0.717, 1.165) is 23.5 Å². The van der Waals surface area contributed by atoms with Crippen LogP contribution in [0.5, 0.6) is 0 Å². The lowest BCUT2D eigenvalue weighted by Gasteiger charge is -2.27. The zero-order valence-corrected chi connectivity index (χ0v) is 17.8. The Morgan fingerprint density at radius 3 is 2.52 bits per heavy atom. The van der Waals surface area contributed by atoms with E-state index in [0.29, 0.717) is 17.7 Å². The van der Waals surface area contributed by atoms with Crippen molar-refractivity contribution in [2.75, 3.05) is 22.5 Å². The van der Waals surface area contributed by atoms with Gasteiger partial charge in [-0.05, 0) is 61.0 Å². The number of thioether (sulfide) groups is 1. The number of nitrogens with one attached hydrogen (secondary N) is 1. The number of carbonyl (C=O) groups excluding carboxylic acids is 1. The first-order chi connectivity index (χ1) is 14.1. The van der Waals surface area contributed by atoms with Crippen molar-refractivity contribution in [1.82, 2.24) is 20.2 Å². The van der Waals surface area contributed by atoms with E-state index >= 15 is 0 Å². The van der Waals surface area contributed by atoms with Crippen LogP contribution in [0.2, 0.25) is 0 Å². The Morgan fingerprint density at radius 2 is 1.86 bits per heavy atom. The molecule has 1 N–H and O–H groups in total. The van der Waals surface area contributed by atoms with E-state index in [4.69, 9.17) is 0 Å². The number of carbonyl (C=O) groups is 1. The maximum absolute atomic E-state index is 12.3. The first-order valence-electron chi connectivity index (χ1n) is 9.66.